The molecule has 0 spiro atoms. The first kappa shape index (κ1) is 13.4. The lowest BCUT2D eigenvalue weighted by molar-refractivity contribution is 0.0732. The summed E-state index contributed by atoms with van der Waals surface area (Å²) in [7, 11) is 0. The van der Waals surface area contributed by atoms with Crippen molar-refractivity contribution in [2.75, 3.05) is 6.54 Å². The van der Waals surface area contributed by atoms with Crippen molar-refractivity contribution >= 4 is 5.91 Å². The molecule has 22 heavy (non-hydrogen) atoms. The van der Waals surface area contributed by atoms with Crippen LogP contribution in [0.25, 0.3) is 0 Å². The molecule has 1 atom stereocenters. The molecular weight excluding hydrogens is 274 g/mol. The van der Waals surface area contributed by atoms with Gasteiger partial charge in [0.25, 0.3) is 5.91 Å². The van der Waals surface area contributed by atoms with Crippen molar-refractivity contribution < 1.29 is 4.79 Å². The maximum atomic E-state index is 12.9. The van der Waals surface area contributed by atoms with Crippen LogP contribution in [-0.4, -0.2) is 27.3 Å². The molecule has 0 N–H and O–H groups in total. The van der Waals surface area contributed by atoms with Crippen LogP contribution in [0.15, 0.2) is 36.8 Å². The van der Waals surface area contributed by atoms with Crippen LogP contribution in [0.1, 0.15) is 52.5 Å². The van der Waals surface area contributed by atoms with E-state index >= 15 is 0 Å². The third-order valence-electron chi connectivity index (χ3n) is 4.81. The molecule has 1 saturated heterocycles. The van der Waals surface area contributed by atoms with Gasteiger partial charge in [-0.25, -0.2) is 9.97 Å². The van der Waals surface area contributed by atoms with Gasteiger partial charge in [-0.05, 0) is 61.4 Å². The molecule has 0 saturated carbocycles. The summed E-state index contributed by atoms with van der Waals surface area (Å²) < 4.78 is 0. The Balaban J connectivity index is 1.62. The number of likely N-dealkylation sites (tertiary alicyclic amines) is 1. The summed E-state index contributed by atoms with van der Waals surface area (Å²) in [5.74, 6) is 0.135. The third-order valence-corrected chi connectivity index (χ3v) is 4.81. The lowest BCUT2D eigenvalue weighted by Crippen LogP contribution is -2.31. The van der Waals surface area contributed by atoms with Crippen molar-refractivity contribution in [1.82, 2.24) is 14.9 Å². The number of aryl methyl sites for hydroxylation is 2. The molecule has 1 aliphatic heterocycles. The molecule has 4 heteroatoms. The number of rotatable bonds is 2. The predicted molar refractivity (Wildman–Crippen MR) is 83.5 cm³/mol. The number of benzene rings is 1. The van der Waals surface area contributed by atoms with Gasteiger partial charge >= 0.3 is 0 Å². The fourth-order valence-corrected chi connectivity index (χ4v) is 3.69. The van der Waals surface area contributed by atoms with Gasteiger partial charge in [-0.3, -0.25) is 4.79 Å². The van der Waals surface area contributed by atoms with Crippen LogP contribution in [0.5, 0.6) is 0 Å². The highest BCUT2D eigenvalue weighted by molar-refractivity contribution is 5.95. The van der Waals surface area contributed by atoms with E-state index in [2.05, 4.69) is 22.1 Å². The normalized spacial score (nSPS) is 20.2. The summed E-state index contributed by atoms with van der Waals surface area (Å²) in [6.07, 6.45) is 8.78. The standard InChI is InChI=1S/C18H19N3O/c22-18(15-7-6-13-3-1-4-14(13)11-15)21-10-2-5-17(21)16-8-9-19-12-20-16/h6-9,11-12,17H,1-5,10H2/t17-/m1/s1. The average molecular weight is 293 g/mol. The number of hydrogen-bond donors (Lipinski definition) is 0. The Morgan fingerprint density at radius 2 is 2.05 bits per heavy atom. The summed E-state index contributed by atoms with van der Waals surface area (Å²) in [4.78, 5) is 23.2. The fourth-order valence-electron chi connectivity index (χ4n) is 3.69. The Hall–Kier alpha value is -2.23. The Labute approximate surface area is 130 Å². The van der Waals surface area contributed by atoms with Gasteiger partial charge in [0.05, 0.1) is 11.7 Å². The van der Waals surface area contributed by atoms with E-state index in [0.29, 0.717) is 0 Å². The van der Waals surface area contributed by atoms with E-state index in [4.69, 9.17) is 0 Å². The molecule has 0 bridgehead atoms. The number of amides is 1. The van der Waals surface area contributed by atoms with Gasteiger partial charge < -0.3 is 4.90 Å². The molecule has 1 fully saturated rings. The van der Waals surface area contributed by atoms with E-state index < -0.39 is 0 Å². The van der Waals surface area contributed by atoms with Gasteiger partial charge in [-0.2, -0.15) is 0 Å². The Kier molecular flexibility index (Phi) is 3.37. The number of carbonyl (C=O) groups is 1. The summed E-state index contributed by atoms with van der Waals surface area (Å²) in [5, 5.41) is 0. The van der Waals surface area contributed by atoms with E-state index in [9.17, 15) is 4.79 Å². The monoisotopic (exact) mass is 293 g/mol. The van der Waals surface area contributed by atoms with E-state index in [0.717, 1.165) is 43.5 Å². The molecule has 4 nitrogen and oxygen atoms in total. The molecule has 112 valence electrons. The largest absolute Gasteiger partial charge is 0.330 e. The van der Waals surface area contributed by atoms with Gasteiger partial charge in [0.1, 0.15) is 6.33 Å². The first-order valence-corrected chi connectivity index (χ1v) is 8.01. The summed E-state index contributed by atoms with van der Waals surface area (Å²) in [5.41, 5.74) is 4.53. The van der Waals surface area contributed by atoms with E-state index in [-0.39, 0.29) is 11.9 Å². The van der Waals surface area contributed by atoms with Crippen molar-refractivity contribution in [1.29, 1.82) is 0 Å². The lowest BCUT2D eigenvalue weighted by Gasteiger charge is -2.24. The zero-order valence-electron chi connectivity index (χ0n) is 12.5. The zero-order valence-corrected chi connectivity index (χ0v) is 12.5. The zero-order chi connectivity index (χ0) is 14.9. The topological polar surface area (TPSA) is 46.1 Å². The maximum Gasteiger partial charge on any atom is 0.254 e. The lowest BCUT2D eigenvalue weighted by atomic mass is 10.0. The summed E-state index contributed by atoms with van der Waals surface area (Å²) in [6.45, 7) is 0.810. The van der Waals surface area contributed by atoms with Crippen LogP contribution in [-0.2, 0) is 12.8 Å². The highest BCUT2D eigenvalue weighted by Gasteiger charge is 2.31. The number of carbonyl (C=O) groups excluding carboxylic acids is 1. The van der Waals surface area contributed by atoms with Crippen molar-refractivity contribution in [3.63, 3.8) is 0 Å². The minimum absolute atomic E-state index is 0.0868. The van der Waals surface area contributed by atoms with Crippen molar-refractivity contribution in [3.05, 3.63) is 59.2 Å². The van der Waals surface area contributed by atoms with Crippen LogP contribution < -0.4 is 0 Å². The average Bonchev–Trinajstić information content (AvgIpc) is 3.23. The Morgan fingerprint density at radius 3 is 2.91 bits per heavy atom. The molecule has 2 aromatic rings. The van der Waals surface area contributed by atoms with E-state index in [1.165, 1.54) is 17.5 Å². The van der Waals surface area contributed by atoms with Gasteiger partial charge in [-0.1, -0.05) is 6.07 Å². The Bertz CT molecular complexity index is 699. The molecular formula is C18H19N3O. The number of nitrogens with zero attached hydrogens (tertiary/aromatic N) is 3. The highest BCUT2D eigenvalue weighted by Crippen LogP contribution is 2.32. The Morgan fingerprint density at radius 1 is 1.14 bits per heavy atom. The van der Waals surface area contributed by atoms with Gasteiger partial charge in [-0.15, -0.1) is 0 Å². The molecule has 1 aromatic carbocycles. The second-order valence-electron chi connectivity index (χ2n) is 6.13. The van der Waals surface area contributed by atoms with Crippen molar-refractivity contribution in [2.45, 2.75) is 38.1 Å². The fraction of sp³-hybridized carbons (Fsp3) is 0.389. The summed E-state index contributed by atoms with van der Waals surface area (Å²) in [6, 6.07) is 8.22. The molecule has 0 radical (unpaired) electrons. The molecule has 2 aliphatic rings. The third kappa shape index (κ3) is 2.28. The molecule has 1 amide bonds. The van der Waals surface area contributed by atoms with Crippen LogP contribution >= 0.6 is 0 Å². The van der Waals surface area contributed by atoms with E-state index in [1.54, 1.807) is 12.5 Å². The molecule has 1 aliphatic carbocycles. The van der Waals surface area contributed by atoms with Crippen LogP contribution in [0.4, 0.5) is 0 Å². The minimum atomic E-state index is 0.0868. The second-order valence-corrected chi connectivity index (χ2v) is 6.13. The first-order valence-electron chi connectivity index (χ1n) is 8.01. The predicted octanol–water partition coefficient (Wildman–Crippen LogP) is 2.94. The number of aromatic nitrogens is 2. The van der Waals surface area contributed by atoms with Gasteiger partial charge in [0, 0.05) is 18.3 Å². The van der Waals surface area contributed by atoms with Gasteiger partial charge in [0.2, 0.25) is 0 Å². The first-order chi connectivity index (χ1) is 10.8. The second kappa shape index (κ2) is 5.52. The van der Waals surface area contributed by atoms with Crippen LogP contribution in [0.3, 0.4) is 0 Å². The number of hydrogen-bond acceptors (Lipinski definition) is 3. The van der Waals surface area contributed by atoms with E-state index in [1.807, 2.05) is 17.0 Å². The van der Waals surface area contributed by atoms with Crippen molar-refractivity contribution in [3.8, 4) is 0 Å². The molecule has 1 aromatic heterocycles. The van der Waals surface area contributed by atoms with Crippen LogP contribution in [0, 0.1) is 0 Å². The van der Waals surface area contributed by atoms with Crippen molar-refractivity contribution in [2.24, 2.45) is 0 Å². The molecule has 0 unspecified atom stereocenters. The SMILES string of the molecule is O=C(c1ccc2c(c1)CCC2)N1CCC[C@@H]1c1ccncn1. The minimum Gasteiger partial charge on any atom is -0.330 e. The smallest absolute Gasteiger partial charge is 0.254 e. The van der Waals surface area contributed by atoms with Gasteiger partial charge in [0.15, 0.2) is 0 Å². The maximum absolute atomic E-state index is 12.9. The summed E-state index contributed by atoms with van der Waals surface area (Å²) >= 11 is 0. The quantitative estimate of drug-likeness (QED) is 0.855. The number of fused-ring (bicyclic) bond motifs is 1. The molecule has 4 rings (SSSR count). The van der Waals surface area contributed by atoms with Crippen LogP contribution in [0.2, 0.25) is 0 Å². The highest BCUT2D eigenvalue weighted by atomic mass is 16.2. The molecule has 2 heterocycles.